The predicted molar refractivity (Wildman–Crippen MR) is 307 cm³/mol. The SMILES string of the molecule is CC/C=C\C/C=C\C/C=C\CCCCCCCCCCCC(=O)OCC(COC(=O)CCCCCCCCCCCCCCCCC)OC(=O)CCCCCCCCCCCC/C=C\C=C/CCCCC. The average molecular weight is 994 g/mol. The summed E-state index contributed by atoms with van der Waals surface area (Å²) in [5, 5.41) is 0. The van der Waals surface area contributed by atoms with Crippen LogP contribution in [0.3, 0.4) is 0 Å². The zero-order chi connectivity index (χ0) is 51.4. The van der Waals surface area contributed by atoms with Crippen LogP contribution in [0.25, 0.3) is 0 Å². The molecule has 6 heteroatoms. The molecule has 0 saturated carbocycles. The Kier molecular flexibility index (Phi) is 57.2. The topological polar surface area (TPSA) is 78.9 Å². The molecule has 0 aliphatic heterocycles. The van der Waals surface area contributed by atoms with Gasteiger partial charge in [0.15, 0.2) is 6.10 Å². The molecular formula is C65H116O6. The summed E-state index contributed by atoms with van der Waals surface area (Å²) < 4.78 is 16.9. The van der Waals surface area contributed by atoms with Crippen molar-refractivity contribution < 1.29 is 28.6 Å². The van der Waals surface area contributed by atoms with Crippen LogP contribution in [0.5, 0.6) is 0 Å². The fraction of sp³-hybridized carbons (Fsp3) is 0.800. The number of ether oxygens (including phenoxy) is 3. The molecule has 71 heavy (non-hydrogen) atoms. The Morgan fingerprint density at radius 3 is 0.972 bits per heavy atom. The van der Waals surface area contributed by atoms with E-state index in [0.717, 1.165) is 77.0 Å². The second kappa shape index (κ2) is 59.7. The molecule has 1 atom stereocenters. The van der Waals surface area contributed by atoms with Crippen molar-refractivity contribution in [2.75, 3.05) is 13.2 Å². The van der Waals surface area contributed by atoms with Gasteiger partial charge in [-0.05, 0) is 77.0 Å². The summed E-state index contributed by atoms with van der Waals surface area (Å²) in [6, 6.07) is 0. The van der Waals surface area contributed by atoms with Crippen molar-refractivity contribution in [2.24, 2.45) is 0 Å². The zero-order valence-corrected chi connectivity index (χ0v) is 47.2. The Morgan fingerprint density at radius 1 is 0.310 bits per heavy atom. The first-order chi connectivity index (χ1) is 35.0. The van der Waals surface area contributed by atoms with Gasteiger partial charge in [0.1, 0.15) is 13.2 Å². The van der Waals surface area contributed by atoms with E-state index in [0.29, 0.717) is 19.3 Å². The van der Waals surface area contributed by atoms with Crippen molar-refractivity contribution in [3.8, 4) is 0 Å². The molecule has 0 fully saturated rings. The van der Waals surface area contributed by atoms with Gasteiger partial charge in [0.2, 0.25) is 0 Å². The van der Waals surface area contributed by atoms with Gasteiger partial charge in [-0.25, -0.2) is 0 Å². The van der Waals surface area contributed by atoms with Gasteiger partial charge in [-0.15, -0.1) is 0 Å². The molecular weight excluding hydrogens is 877 g/mol. The molecule has 0 aliphatic rings. The molecule has 0 radical (unpaired) electrons. The summed E-state index contributed by atoms with van der Waals surface area (Å²) in [6.07, 6.45) is 75.0. The number of esters is 3. The molecule has 0 rings (SSSR count). The summed E-state index contributed by atoms with van der Waals surface area (Å²) in [7, 11) is 0. The molecule has 0 saturated heterocycles. The second-order valence-corrected chi connectivity index (χ2v) is 20.6. The smallest absolute Gasteiger partial charge is 0.306 e. The summed E-state index contributed by atoms with van der Waals surface area (Å²) in [6.45, 7) is 6.54. The Balaban J connectivity index is 4.35. The van der Waals surface area contributed by atoms with E-state index < -0.39 is 6.10 Å². The fourth-order valence-electron chi connectivity index (χ4n) is 8.92. The molecule has 412 valence electrons. The van der Waals surface area contributed by atoms with E-state index in [1.165, 1.54) is 199 Å². The number of carbonyl (C=O) groups excluding carboxylic acids is 3. The van der Waals surface area contributed by atoms with Crippen molar-refractivity contribution in [3.63, 3.8) is 0 Å². The van der Waals surface area contributed by atoms with Gasteiger partial charge in [-0.1, -0.05) is 281 Å². The molecule has 0 spiro atoms. The van der Waals surface area contributed by atoms with Crippen LogP contribution < -0.4 is 0 Å². The van der Waals surface area contributed by atoms with E-state index in [4.69, 9.17) is 14.2 Å². The van der Waals surface area contributed by atoms with Gasteiger partial charge < -0.3 is 14.2 Å². The summed E-state index contributed by atoms with van der Waals surface area (Å²) in [5.41, 5.74) is 0. The number of rotatable bonds is 56. The highest BCUT2D eigenvalue weighted by atomic mass is 16.6. The monoisotopic (exact) mass is 993 g/mol. The molecule has 0 aliphatic carbocycles. The summed E-state index contributed by atoms with van der Waals surface area (Å²) >= 11 is 0. The molecule has 1 unspecified atom stereocenters. The van der Waals surface area contributed by atoms with Gasteiger partial charge >= 0.3 is 17.9 Å². The van der Waals surface area contributed by atoms with E-state index >= 15 is 0 Å². The fourth-order valence-corrected chi connectivity index (χ4v) is 8.92. The van der Waals surface area contributed by atoms with Crippen LogP contribution in [0.2, 0.25) is 0 Å². The first kappa shape index (κ1) is 68.1. The first-order valence-electron chi connectivity index (χ1n) is 30.8. The minimum atomic E-state index is -0.777. The van der Waals surface area contributed by atoms with Crippen molar-refractivity contribution in [1.29, 1.82) is 0 Å². The normalized spacial score (nSPS) is 12.4. The van der Waals surface area contributed by atoms with Crippen LogP contribution in [-0.4, -0.2) is 37.2 Å². The van der Waals surface area contributed by atoms with Crippen LogP contribution in [-0.2, 0) is 28.6 Å². The molecule has 0 amide bonds. The van der Waals surface area contributed by atoms with Gasteiger partial charge in [0.25, 0.3) is 0 Å². The van der Waals surface area contributed by atoms with Crippen molar-refractivity contribution in [1.82, 2.24) is 0 Å². The largest absolute Gasteiger partial charge is 0.462 e. The maximum Gasteiger partial charge on any atom is 0.306 e. The molecule has 6 nitrogen and oxygen atoms in total. The number of carbonyl (C=O) groups is 3. The molecule has 0 aromatic heterocycles. The Morgan fingerprint density at radius 2 is 0.592 bits per heavy atom. The number of hydrogen-bond acceptors (Lipinski definition) is 6. The molecule has 0 aromatic carbocycles. The average Bonchev–Trinajstić information content (AvgIpc) is 3.37. The predicted octanol–water partition coefficient (Wildman–Crippen LogP) is 20.8. The quantitative estimate of drug-likeness (QED) is 0.0199. The van der Waals surface area contributed by atoms with Crippen LogP contribution in [0.15, 0.2) is 60.8 Å². The summed E-state index contributed by atoms with van der Waals surface area (Å²) in [5.74, 6) is -0.866. The third kappa shape index (κ3) is 57.9. The highest BCUT2D eigenvalue weighted by Crippen LogP contribution is 2.17. The van der Waals surface area contributed by atoms with Crippen LogP contribution in [0, 0.1) is 0 Å². The van der Waals surface area contributed by atoms with Crippen LogP contribution in [0.1, 0.15) is 316 Å². The lowest BCUT2D eigenvalue weighted by Crippen LogP contribution is -2.30. The van der Waals surface area contributed by atoms with E-state index in [1.807, 2.05) is 0 Å². The van der Waals surface area contributed by atoms with Crippen LogP contribution in [0.4, 0.5) is 0 Å². The summed E-state index contributed by atoms with van der Waals surface area (Å²) in [4.78, 5) is 38.3. The lowest BCUT2D eigenvalue weighted by atomic mass is 10.0. The second-order valence-electron chi connectivity index (χ2n) is 20.6. The highest BCUT2D eigenvalue weighted by Gasteiger charge is 2.19. The highest BCUT2D eigenvalue weighted by molar-refractivity contribution is 5.71. The number of hydrogen-bond donors (Lipinski definition) is 0. The zero-order valence-electron chi connectivity index (χ0n) is 47.2. The maximum absolute atomic E-state index is 12.9. The Hall–Kier alpha value is -2.89. The van der Waals surface area contributed by atoms with E-state index in [2.05, 4.69) is 81.5 Å². The number of allylic oxidation sites excluding steroid dienone is 10. The number of unbranched alkanes of at least 4 members (excludes halogenated alkanes) is 36. The Labute approximate surface area is 440 Å². The molecule has 0 aromatic rings. The van der Waals surface area contributed by atoms with Crippen molar-refractivity contribution >= 4 is 17.9 Å². The lowest BCUT2D eigenvalue weighted by molar-refractivity contribution is -0.167. The van der Waals surface area contributed by atoms with E-state index in [-0.39, 0.29) is 31.1 Å². The van der Waals surface area contributed by atoms with Crippen molar-refractivity contribution in [2.45, 2.75) is 322 Å². The van der Waals surface area contributed by atoms with Crippen LogP contribution >= 0.6 is 0 Å². The molecule has 0 N–H and O–H groups in total. The Bertz CT molecular complexity index is 1280. The van der Waals surface area contributed by atoms with Gasteiger partial charge in [-0.2, -0.15) is 0 Å². The van der Waals surface area contributed by atoms with E-state index in [9.17, 15) is 14.4 Å². The minimum absolute atomic E-state index is 0.0739. The van der Waals surface area contributed by atoms with Gasteiger partial charge in [0.05, 0.1) is 0 Å². The first-order valence-corrected chi connectivity index (χ1v) is 30.8. The van der Waals surface area contributed by atoms with Gasteiger partial charge in [0, 0.05) is 19.3 Å². The maximum atomic E-state index is 12.9. The molecule has 0 heterocycles. The minimum Gasteiger partial charge on any atom is -0.462 e. The molecule has 0 bridgehead atoms. The standard InChI is InChI=1S/C65H116O6/c1-4-7-10-13-16-19-22-25-28-30-32-34-37-40-43-46-49-52-55-58-64(67)70-61-62(60-69-63(66)57-54-51-48-45-42-39-36-27-24-21-18-15-12-9-6-3)71-65(68)59-56-53-50-47-44-41-38-35-33-31-29-26-23-20-17-14-11-8-5-2/h7,10,16-17,19-20,23,25-26,28,62H,4-6,8-9,11-15,18,21-22,24,27,29-61H2,1-3H3/b10-7-,19-16-,20-17-,26-23-,28-25-. The third-order valence-corrected chi connectivity index (χ3v) is 13.5. The third-order valence-electron chi connectivity index (χ3n) is 13.5. The van der Waals surface area contributed by atoms with Gasteiger partial charge in [-0.3, -0.25) is 14.4 Å². The van der Waals surface area contributed by atoms with Crippen molar-refractivity contribution in [3.05, 3.63) is 60.8 Å². The lowest BCUT2D eigenvalue weighted by Gasteiger charge is -2.18. The van der Waals surface area contributed by atoms with E-state index in [1.54, 1.807) is 0 Å².